The Bertz CT molecular complexity index is 635. The molecule has 0 unspecified atom stereocenters. The second-order valence-corrected chi connectivity index (χ2v) is 4.04. The minimum Gasteiger partial charge on any atom is -0.293 e. The second kappa shape index (κ2) is 6.60. The van der Waals surface area contributed by atoms with Gasteiger partial charge in [0.2, 0.25) is 6.41 Å². The van der Waals surface area contributed by atoms with Gasteiger partial charge in [0.15, 0.2) is 12.4 Å². The first-order chi connectivity index (χ1) is 10.3. The molecule has 6 nitrogen and oxygen atoms in total. The van der Waals surface area contributed by atoms with Crippen molar-refractivity contribution in [3.05, 3.63) is 48.5 Å². The van der Waals surface area contributed by atoms with Crippen LogP contribution in [0.1, 0.15) is 0 Å². The van der Waals surface area contributed by atoms with Crippen LogP contribution in [0, 0.1) is 22.9 Å². The maximum absolute atomic E-state index is 11.3. The number of amides is 1. The number of anilines is 4. The molecule has 2 aromatic carbocycles. The number of benzene rings is 2. The van der Waals surface area contributed by atoms with E-state index in [1.165, 1.54) is 4.90 Å². The molecule has 6 heteroatoms. The molecule has 0 heterocycles. The first-order valence-electron chi connectivity index (χ1n) is 6.03. The first-order valence-corrected chi connectivity index (χ1v) is 6.03. The lowest BCUT2D eigenvalue weighted by Gasteiger charge is -2.18. The molecule has 0 aliphatic rings. The fraction of sp³-hybridized carbons (Fsp3) is 0. The molecule has 1 amide bonds. The van der Waals surface area contributed by atoms with E-state index in [4.69, 9.17) is 10.5 Å². The molecule has 0 saturated carbocycles. The van der Waals surface area contributed by atoms with Crippen LogP contribution in [0.3, 0.4) is 0 Å². The standard InChI is InChI=1S/C15H11N5O/c16-9-18-12-1-5-14(6-2-12)20(11-21)15-7-3-13(4-8-15)19-10-17/h1-8,11,18-19H. The zero-order valence-corrected chi connectivity index (χ0v) is 10.9. The lowest BCUT2D eigenvalue weighted by molar-refractivity contribution is -0.106. The van der Waals surface area contributed by atoms with E-state index in [2.05, 4.69) is 10.6 Å². The summed E-state index contributed by atoms with van der Waals surface area (Å²) in [5.74, 6) is 0. The summed E-state index contributed by atoms with van der Waals surface area (Å²) in [6.07, 6.45) is 4.37. The fourth-order valence-corrected chi connectivity index (χ4v) is 1.81. The SMILES string of the molecule is N#CNc1ccc(N(C=O)c2ccc(NC#N)cc2)cc1. The number of hydrogen-bond acceptors (Lipinski definition) is 5. The van der Waals surface area contributed by atoms with Gasteiger partial charge in [0.05, 0.1) is 0 Å². The van der Waals surface area contributed by atoms with Crippen molar-refractivity contribution in [2.75, 3.05) is 15.5 Å². The number of hydrogen-bond donors (Lipinski definition) is 2. The van der Waals surface area contributed by atoms with Crippen molar-refractivity contribution in [3.63, 3.8) is 0 Å². The van der Waals surface area contributed by atoms with E-state index in [1.807, 2.05) is 12.4 Å². The van der Waals surface area contributed by atoms with Gasteiger partial charge in [-0.05, 0) is 48.5 Å². The Morgan fingerprint density at radius 1 is 0.810 bits per heavy atom. The fourth-order valence-electron chi connectivity index (χ4n) is 1.81. The zero-order chi connectivity index (χ0) is 15.1. The van der Waals surface area contributed by atoms with Gasteiger partial charge in [0, 0.05) is 22.7 Å². The van der Waals surface area contributed by atoms with Gasteiger partial charge >= 0.3 is 0 Å². The summed E-state index contributed by atoms with van der Waals surface area (Å²) in [4.78, 5) is 12.8. The van der Waals surface area contributed by atoms with Crippen LogP contribution in [-0.2, 0) is 4.79 Å². The van der Waals surface area contributed by atoms with Crippen LogP contribution >= 0.6 is 0 Å². The Morgan fingerprint density at radius 3 is 1.48 bits per heavy atom. The Labute approximate surface area is 121 Å². The Morgan fingerprint density at radius 2 is 1.19 bits per heavy atom. The third-order valence-electron chi connectivity index (χ3n) is 2.80. The summed E-state index contributed by atoms with van der Waals surface area (Å²) in [6, 6.07) is 13.8. The third-order valence-corrected chi connectivity index (χ3v) is 2.80. The summed E-state index contributed by atoms with van der Waals surface area (Å²) in [5, 5.41) is 22.1. The van der Waals surface area contributed by atoms with Gasteiger partial charge in [0.25, 0.3) is 0 Å². The smallest absolute Gasteiger partial charge is 0.218 e. The molecule has 0 atom stereocenters. The molecule has 102 valence electrons. The zero-order valence-electron chi connectivity index (χ0n) is 10.9. The summed E-state index contributed by atoms with van der Waals surface area (Å²) >= 11 is 0. The molecule has 21 heavy (non-hydrogen) atoms. The molecule has 0 aliphatic carbocycles. The molecule has 2 N–H and O–H groups in total. The van der Waals surface area contributed by atoms with Crippen molar-refractivity contribution >= 4 is 29.2 Å². The van der Waals surface area contributed by atoms with Crippen LogP contribution in [0.4, 0.5) is 22.7 Å². The van der Waals surface area contributed by atoms with Crippen LogP contribution in [0.2, 0.25) is 0 Å². The largest absolute Gasteiger partial charge is 0.293 e. The molecule has 0 bridgehead atoms. The number of carbonyl (C=O) groups excluding carboxylic acids is 1. The number of nitrogens with zero attached hydrogens (tertiary/aromatic N) is 3. The Balaban J connectivity index is 2.24. The summed E-state index contributed by atoms with van der Waals surface area (Å²) < 4.78 is 0. The van der Waals surface area contributed by atoms with Crippen LogP contribution in [0.25, 0.3) is 0 Å². The van der Waals surface area contributed by atoms with E-state index < -0.39 is 0 Å². The number of nitriles is 2. The van der Waals surface area contributed by atoms with Gasteiger partial charge < -0.3 is 0 Å². The van der Waals surface area contributed by atoms with Gasteiger partial charge in [-0.1, -0.05) is 0 Å². The topological polar surface area (TPSA) is 91.9 Å². The highest BCUT2D eigenvalue weighted by atomic mass is 16.1. The molecular weight excluding hydrogens is 266 g/mol. The van der Waals surface area contributed by atoms with Gasteiger partial charge in [-0.3, -0.25) is 20.3 Å². The highest BCUT2D eigenvalue weighted by Crippen LogP contribution is 2.26. The van der Waals surface area contributed by atoms with Crippen molar-refractivity contribution < 1.29 is 4.79 Å². The summed E-state index contributed by atoms with van der Waals surface area (Å²) in [5.41, 5.74) is 2.66. The normalized spacial score (nSPS) is 9.05. The highest BCUT2D eigenvalue weighted by molar-refractivity contribution is 5.87. The molecule has 0 saturated heterocycles. The first kappa shape index (κ1) is 13.9. The lowest BCUT2D eigenvalue weighted by Crippen LogP contribution is -2.13. The summed E-state index contributed by atoms with van der Waals surface area (Å²) in [6.45, 7) is 0. The third kappa shape index (κ3) is 3.28. The summed E-state index contributed by atoms with van der Waals surface area (Å²) in [7, 11) is 0. The molecule has 0 radical (unpaired) electrons. The number of rotatable bonds is 5. The molecule has 0 fully saturated rings. The van der Waals surface area contributed by atoms with E-state index >= 15 is 0 Å². The Hall–Kier alpha value is -3.51. The van der Waals surface area contributed by atoms with E-state index in [0.29, 0.717) is 29.2 Å². The van der Waals surface area contributed by atoms with Crippen molar-refractivity contribution in [2.24, 2.45) is 0 Å². The predicted octanol–water partition coefficient (Wildman–Crippen LogP) is 2.77. The molecule has 0 spiro atoms. The van der Waals surface area contributed by atoms with Crippen LogP contribution < -0.4 is 15.5 Å². The molecular formula is C15H11N5O. The van der Waals surface area contributed by atoms with Gasteiger partial charge in [-0.2, -0.15) is 10.5 Å². The average molecular weight is 277 g/mol. The van der Waals surface area contributed by atoms with Gasteiger partial charge in [-0.25, -0.2) is 0 Å². The van der Waals surface area contributed by atoms with Crippen LogP contribution in [-0.4, -0.2) is 6.41 Å². The van der Waals surface area contributed by atoms with Gasteiger partial charge in [0.1, 0.15) is 0 Å². The van der Waals surface area contributed by atoms with Crippen LogP contribution in [0.5, 0.6) is 0 Å². The minimum absolute atomic E-state index is 0.653. The van der Waals surface area contributed by atoms with E-state index in [0.717, 1.165) is 0 Å². The lowest BCUT2D eigenvalue weighted by atomic mass is 10.2. The second-order valence-electron chi connectivity index (χ2n) is 4.04. The maximum Gasteiger partial charge on any atom is 0.218 e. The molecule has 0 aromatic heterocycles. The van der Waals surface area contributed by atoms with E-state index in [1.54, 1.807) is 48.5 Å². The van der Waals surface area contributed by atoms with E-state index in [-0.39, 0.29) is 0 Å². The monoisotopic (exact) mass is 277 g/mol. The van der Waals surface area contributed by atoms with Crippen LogP contribution in [0.15, 0.2) is 48.5 Å². The van der Waals surface area contributed by atoms with Crippen molar-refractivity contribution in [1.82, 2.24) is 0 Å². The molecule has 2 aromatic rings. The van der Waals surface area contributed by atoms with Crippen molar-refractivity contribution in [1.29, 1.82) is 10.5 Å². The quantitative estimate of drug-likeness (QED) is 0.498. The molecule has 0 aliphatic heterocycles. The predicted molar refractivity (Wildman–Crippen MR) is 79.6 cm³/mol. The molecule has 2 rings (SSSR count). The van der Waals surface area contributed by atoms with Crippen molar-refractivity contribution in [3.8, 4) is 12.4 Å². The number of nitrogens with one attached hydrogen (secondary N) is 2. The minimum atomic E-state index is 0.653. The average Bonchev–Trinajstić information content (AvgIpc) is 2.52. The van der Waals surface area contributed by atoms with Gasteiger partial charge in [-0.15, -0.1) is 0 Å². The number of carbonyl (C=O) groups is 1. The maximum atomic E-state index is 11.3. The van der Waals surface area contributed by atoms with E-state index in [9.17, 15) is 4.79 Å². The Kier molecular flexibility index (Phi) is 4.37. The van der Waals surface area contributed by atoms with Crippen molar-refractivity contribution in [2.45, 2.75) is 0 Å². The highest BCUT2D eigenvalue weighted by Gasteiger charge is 2.08.